The van der Waals surface area contributed by atoms with Gasteiger partial charge in [0, 0.05) is 6.42 Å². The lowest BCUT2D eigenvalue weighted by atomic mass is 10.1. The predicted octanol–water partition coefficient (Wildman–Crippen LogP) is 2.90. The maximum absolute atomic E-state index is 12.5. The van der Waals surface area contributed by atoms with Gasteiger partial charge in [-0.05, 0) is 31.5 Å². The van der Waals surface area contributed by atoms with E-state index in [4.69, 9.17) is 4.74 Å². The van der Waals surface area contributed by atoms with Crippen molar-refractivity contribution in [2.75, 3.05) is 0 Å². The Bertz CT molecular complexity index is 698. The topological polar surface area (TPSA) is 75.6 Å². The highest BCUT2D eigenvalue weighted by atomic mass is 16.5. The smallest absolute Gasteiger partial charge is 0.326 e. The first-order valence-electron chi connectivity index (χ1n) is 7.80. The largest absolute Gasteiger partial charge is 0.490 e. The third-order valence-corrected chi connectivity index (χ3v) is 3.38. The molecule has 126 valence electrons. The molecule has 0 fully saturated rings. The van der Waals surface area contributed by atoms with Crippen molar-refractivity contribution in [2.45, 2.75) is 32.4 Å². The van der Waals surface area contributed by atoms with Crippen LogP contribution < -0.4 is 10.1 Å². The summed E-state index contributed by atoms with van der Waals surface area (Å²) in [6.07, 6.45) is 0.133. The lowest BCUT2D eigenvalue weighted by molar-refractivity contribution is -0.139. The highest BCUT2D eigenvalue weighted by Crippen LogP contribution is 2.19. The number of carboxylic acid groups (broad SMARTS) is 1. The average molecular weight is 327 g/mol. The number of benzene rings is 2. The van der Waals surface area contributed by atoms with Crippen LogP contribution >= 0.6 is 0 Å². The minimum atomic E-state index is -1.07. The third kappa shape index (κ3) is 4.84. The van der Waals surface area contributed by atoms with Crippen molar-refractivity contribution in [3.63, 3.8) is 0 Å². The fourth-order valence-corrected chi connectivity index (χ4v) is 2.30. The van der Waals surface area contributed by atoms with E-state index in [9.17, 15) is 14.7 Å². The van der Waals surface area contributed by atoms with E-state index in [0.29, 0.717) is 11.3 Å². The van der Waals surface area contributed by atoms with Crippen molar-refractivity contribution in [2.24, 2.45) is 0 Å². The zero-order valence-corrected chi connectivity index (χ0v) is 13.7. The number of hydrogen-bond donors (Lipinski definition) is 2. The predicted molar refractivity (Wildman–Crippen MR) is 91.2 cm³/mol. The van der Waals surface area contributed by atoms with Gasteiger partial charge in [-0.2, -0.15) is 0 Å². The van der Waals surface area contributed by atoms with Crippen molar-refractivity contribution in [1.82, 2.24) is 5.32 Å². The molecule has 2 aromatic carbocycles. The van der Waals surface area contributed by atoms with Crippen molar-refractivity contribution < 1.29 is 19.4 Å². The molecule has 0 saturated heterocycles. The van der Waals surface area contributed by atoms with Gasteiger partial charge >= 0.3 is 5.97 Å². The summed E-state index contributed by atoms with van der Waals surface area (Å²) in [4.78, 5) is 24.0. The van der Waals surface area contributed by atoms with Crippen molar-refractivity contribution >= 4 is 11.9 Å². The van der Waals surface area contributed by atoms with E-state index in [1.807, 2.05) is 44.2 Å². The highest BCUT2D eigenvalue weighted by molar-refractivity contribution is 5.99. The molecule has 1 atom stereocenters. The average Bonchev–Trinajstić information content (AvgIpc) is 2.55. The summed E-state index contributed by atoms with van der Waals surface area (Å²) in [5.41, 5.74) is 1.17. The second kappa shape index (κ2) is 8.15. The van der Waals surface area contributed by atoms with Gasteiger partial charge in [0.1, 0.15) is 11.8 Å². The molecule has 0 spiro atoms. The molecule has 0 heterocycles. The number of carboxylic acids is 1. The molecule has 0 saturated carbocycles. The van der Waals surface area contributed by atoms with E-state index in [-0.39, 0.29) is 12.5 Å². The maximum atomic E-state index is 12.5. The Balaban J connectivity index is 2.15. The molecule has 0 bridgehead atoms. The molecule has 0 aliphatic heterocycles. The molecular formula is C19H21NO4. The normalized spacial score (nSPS) is 11.8. The van der Waals surface area contributed by atoms with Gasteiger partial charge in [-0.1, -0.05) is 42.5 Å². The van der Waals surface area contributed by atoms with Gasteiger partial charge in [0.05, 0.1) is 11.7 Å². The van der Waals surface area contributed by atoms with E-state index < -0.39 is 17.9 Å². The number of amides is 1. The van der Waals surface area contributed by atoms with Gasteiger partial charge in [-0.3, -0.25) is 4.79 Å². The van der Waals surface area contributed by atoms with Gasteiger partial charge < -0.3 is 15.2 Å². The second-order valence-electron chi connectivity index (χ2n) is 5.72. The molecular weight excluding hydrogens is 306 g/mol. The van der Waals surface area contributed by atoms with Crippen LogP contribution in [0.3, 0.4) is 0 Å². The van der Waals surface area contributed by atoms with Gasteiger partial charge in [-0.25, -0.2) is 4.79 Å². The minimum Gasteiger partial charge on any atom is -0.490 e. The lowest BCUT2D eigenvalue weighted by Crippen LogP contribution is -2.42. The summed E-state index contributed by atoms with van der Waals surface area (Å²) in [6, 6.07) is 15.0. The monoisotopic (exact) mass is 327 g/mol. The second-order valence-corrected chi connectivity index (χ2v) is 5.72. The van der Waals surface area contributed by atoms with Crippen molar-refractivity contribution in [3.8, 4) is 5.75 Å². The number of aliphatic carboxylic acids is 1. The number of ether oxygens (including phenoxy) is 1. The van der Waals surface area contributed by atoms with Crippen LogP contribution in [-0.2, 0) is 11.2 Å². The number of carbonyl (C=O) groups excluding carboxylic acids is 1. The Kier molecular flexibility index (Phi) is 5.95. The first kappa shape index (κ1) is 17.5. The summed E-state index contributed by atoms with van der Waals surface area (Å²) >= 11 is 0. The lowest BCUT2D eigenvalue weighted by Gasteiger charge is -2.17. The molecule has 0 aliphatic rings. The Hall–Kier alpha value is -2.82. The van der Waals surface area contributed by atoms with Crippen molar-refractivity contribution in [3.05, 3.63) is 65.7 Å². The number of nitrogens with one attached hydrogen (secondary N) is 1. The standard InChI is InChI=1S/C19H21NO4/c1-13(2)24-17-11-7-6-10-15(17)18(21)20-16(19(22)23)12-14-8-4-3-5-9-14/h3-11,13,16H,12H2,1-2H3,(H,20,21)(H,22,23). The van der Waals surface area contributed by atoms with Crippen LogP contribution in [0, 0.1) is 0 Å². The molecule has 1 unspecified atom stereocenters. The van der Waals surface area contributed by atoms with Crippen LogP contribution in [0.5, 0.6) is 5.75 Å². The van der Waals surface area contributed by atoms with Gasteiger partial charge in [-0.15, -0.1) is 0 Å². The Morgan fingerprint density at radius 2 is 1.67 bits per heavy atom. The maximum Gasteiger partial charge on any atom is 0.326 e. The zero-order chi connectivity index (χ0) is 17.5. The van der Waals surface area contributed by atoms with Crippen LogP contribution in [0.25, 0.3) is 0 Å². The fraction of sp³-hybridized carbons (Fsp3) is 0.263. The molecule has 5 nitrogen and oxygen atoms in total. The van der Waals surface area contributed by atoms with Crippen LogP contribution in [0.1, 0.15) is 29.8 Å². The van der Waals surface area contributed by atoms with Crippen molar-refractivity contribution in [1.29, 1.82) is 0 Å². The van der Waals surface area contributed by atoms with E-state index in [0.717, 1.165) is 5.56 Å². The van der Waals surface area contributed by atoms with Gasteiger partial charge in [0.15, 0.2) is 0 Å². The molecule has 0 aliphatic carbocycles. The molecule has 2 aromatic rings. The molecule has 0 radical (unpaired) electrons. The van der Waals surface area contributed by atoms with E-state index in [1.165, 1.54) is 0 Å². The first-order chi connectivity index (χ1) is 11.5. The number of carbonyl (C=O) groups is 2. The molecule has 0 aromatic heterocycles. The van der Waals surface area contributed by atoms with E-state index in [2.05, 4.69) is 5.32 Å². The fourth-order valence-electron chi connectivity index (χ4n) is 2.30. The Morgan fingerprint density at radius 3 is 2.29 bits per heavy atom. The molecule has 1 amide bonds. The third-order valence-electron chi connectivity index (χ3n) is 3.38. The first-order valence-corrected chi connectivity index (χ1v) is 7.80. The summed E-state index contributed by atoms with van der Waals surface area (Å²) in [5.74, 6) is -1.10. The Labute approximate surface area is 141 Å². The van der Waals surface area contributed by atoms with Gasteiger partial charge in [0.2, 0.25) is 0 Å². The number of para-hydroxylation sites is 1. The highest BCUT2D eigenvalue weighted by Gasteiger charge is 2.23. The number of hydrogen-bond acceptors (Lipinski definition) is 3. The van der Waals surface area contributed by atoms with Crippen LogP contribution in [0.2, 0.25) is 0 Å². The summed E-state index contributed by atoms with van der Waals surface area (Å²) in [6.45, 7) is 3.73. The zero-order valence-electron chi connectivity index (χ0n) is 13.7. The molecule has 2 N–H and O–H groups in total. The SMILES string of the molecule is CC(C)Oc1ccccc1C(=O)NC(Cc1ccccc1)C(=O)O. The van der Waals surface area contributed by atoms with Crippen LogP contribution in [-0.4, -0.2) is 29.1 Å². The summed E-state index contributed by atoms with van der Waals surface area (Å²) in [5, 5.41) is 12.0. The van der Waals surface area contributed by atoms with Crippen LogP contribution in [0.15, 0.2) is 54.6 Å². The summed E-state index contributed by atoms with van der Waals surface area (Å²) < 4.78 is 5.62. The van der Waals surface area contributed by atoms with E-state index in [1.54, 1.807) is 24.3 Å². The summed E-state index contributed by atoms with van der Waals surface area (Å²) in [7, 11) is 0. The molecule has 5 heteroatoms. The quantitative estimate of drug-likeness (QED) is 0.820. The number of rotatable bonds is 7. The van der Waals surface area contributed by atoms with Crippen LogP contribution in [0.4, 0.5) is 0 Å². The minimum absolute atomic E-state index is 0.0847. The van der Waals surface area contributed by atoms with E-state index >= 15 is 0 Å². The molecule has 24 heavy (non-hydrogen) atoms. The Morgan fingerprint density at radius 1 is 1.04 bits per heavy atom. The molecule has 2 rings (SSSR count). The van der Waals surface area contributed by atoms with Gasteiger partial charge in [0.25, 0.3) is 5.91 Å².